The zero-order valence-electron chi connectivity index (χ0n) is 7.59. The number of hydrogen-bond donors (Lipinski definition) is 2. The van der Waals surface area contributed by atoms with Crippen LogP contribution in [-0.4, -0.2) is 37.5 Å². The molecular weight excluding hydrogens is 154 g/mol. The van der Waals surface area contributed by atoms with E-state index in [1.807, 2.05) is 0 Å². The number of rotatable bonds is 5. The zero-order chi connectivity index (χ0) is 8.65. The van der Waals surface area contributed by atoms with E-state index in [0.29, 0.717) is 12.7 Å². The van der Waals surface area contributed by atoms with Crippen molar-refractivity contribution in [3.05, 3.63) is 0 Å². The molecule has 0 amide bonds. The van der Waals surface area contributed by atoms with Gasteiger partial charge in [0.05, 0.1) is 12.7 Å². The van der Waals surface area contributed by atoms with E-state index in [2.05, 4.69) is 5.32 Å². The third-order valence-electron chi connectivity index (χ3n) is 2.19. The summed E-state index contributed by atoms with van der Waals surface area (Å²) in [6.45, 7) is 3.17. The van der Waals surface area contributed by atoms with Crippen molar-refractivity contribution < 1.29 is 9.84 Å². The van der Waals surface area contributed by atoms with Gasteiger partial charge in [-0.3, -0.25) is 0 Å². The number of nitrogens with one attached hydrogen (secondary N) is 1. The maximum absolute atomic E-state index is 8.56. The molecule has 0 bridgehead atoms. The standard InChI is InChI=1S/C9H19NO2/c11-6-3-1-2-4-9-8-10-5-7-12-9/h9-11H,1-8H2/t9-/m1/s1. The molecule has 0 aliphatic carbocycles. The third kappa shape index (κ3) is 4.04. The molecule has 72 valence electrons. The fourth-order valence-corrected chi connectivity index (χ4v) is 1.47. The molecule has 3 nitrogen and oxygen atoms in total. The largest absolute Gasteiger partial charge is 0.396 e. The van der Waals surface area contributed by atoms with Gasteiger partial charge in [-0.25, -0.2) is 0 Å². The summed E-state index contributed by atoms with van der Waals surface area (Å²) in [5.74, 6) is 0. The second kappa shape index (κ2) is 6.40. The molecule has 0 radical (unpaired) electrons. The monoisotopic (exact) mass is 173 g/mol. The van der Waals surface area contributed by atoms with E-state index in [4.69, 9.17) is 9.84 Å². The van der Waals surface area contributed by atoms with Crippen molar-refractivity contribution in [2.45, 2.75) is 31.8 Å². The first-order valence-corrected chi connectivity index (χ1v) is 4.86. The molecule has 1 saturated heterocycles. The minimum atomic E-state index is 0.323. The third-order valence-corrected chi connectivity index (χ3v) is 2.19. The Hall–Kier alpha value is -0.120. The Bertz CT molecular complexity index is 103. The van der Waals surface area contributed by atoms with Crippen LogP contribution >= 0.6 is 0 Å². The van der Waals surface area contributed by atoms with Gasteiger partial charge in [-0.05, 0) is 12.8 Å². The lowest BCUT2D eigenvalue weighted by Crippen LogP contribution is -2.38. The average molecular weight is 173 g/mol. The fraction of sp³-hybridized carbons (Fsp3) is 1.00. The van der Waals surface area contributed by atoms with E-state index in [-0.39, 0.29) is 0 Å². The van der Waals surface area contributed by atoms with Crippen LogP contribution in [0.4, 0.5) is 0 Å². The number of ether oxygens (including phenoxy) is 1. The molecule has 1 aliphatic rings. The molecule has 0 spiro atoms. The van der Waals surface area contributed by atoms with Crippen LogP contribution in [0, 0.1) is 0 Å². The van der Waals surface area contributed by atoms with Gasteiger partial charge in [0.25, 0.3) is 0 Å². The van der Waals surface area contributed by atoms with Crippen LogP contribution in [-0.2, 0) is 4.74 Å². The van der Waals surface area contributed by atoms with Crippen molar-refractivity contribution in [3.8, 4) is 0 Å². The number of aliphatic hydroxyl groups excluding tert-OH is 1. The SMILES string of the molecule is OCCCCC[C@@H]1CNCCO1. The molecule has 12 heavy (non-hydrogen) atoms. The minimum absolute atomic E-state index is 0.323. The lowest BCUT2D eigenvalue weighted by Gasteiger charge is -2.23. The van der Waals surface area contributed by atoms with E-state index in [1.54, 1.807) is 0 Å². The van der Waals surface area contributed by atoms with Crippen molar-refractivity contribution in [3.63, 3.8) is 0 Å². The second-order valence-corrected chi connectivity index (χ2v) is 3.27. The Morgan fingerprint density at radius 3 is 2.92 bits per heavy atom. The molecule has 0 aromatic heterocycles. The summed E-state index contributed by atoms with van der Waals surface area (Å²) in [7, 11) is 0. The number of aliphatic hydroxyl groups is 1. The molecule has 1 fully saturated rings. The topological polar surface area (TPSA) is 41.5 Å². The van der Waals surface area contributed by atoms with E-state index in [1.165, 1.54) is 6.42 Å². The number of unbranched alkanes of at least 4 members (excludes halogenated alkanes) is 2. The molecule has 0 aromatic carbocycles. The maximum Gasteiger partial charge on any atom is 0.0700 e. The summed E-state index contributed by atoms with van der Waals surface area (Å²) >= 11 is 0. The molecule has 0 aromatic rings. The highest BCUT2D eigenvalue weighted by atomic mass is 16.5. The Balaban J connectivity index is 1.91. The molecule has 0 unspecified atom stereocenters. The number of hydrogen-bond acceptors (Lipinski definition) is 3. The van der Waals surface area contributed by atoms with E-state index < -0.39 is 0 Å². The summed E-state index contributed by atoms with van der Waals surface area (Å²) in [4.78, 5) is 0. The summed E-state index contributed by atoms with van der Waals surface area (Å²) < 4.78 is 5.53. The molecule has 0 saturated carbocycles. The Labute approximate surface area is 74.1 Å². The fourth-order valence-electron chi connectivity index (χ4n) is 1.47. The molecule has 1 atom stereocenters. The highest BCUT2D eigenvalue weighted by molar-refractivity contribution is 4.66. The first kappa shape index (κ1) is 9.96. The maximum atomic E-state index is 8.56. The zero-order valence-corrected chi connectivity index (χ0v) is 7.59. The van der Waals surface area contributed by atoms with Gasteiger partial charge in [0.15, 0.2) is 0 Å². The van der Waals surface area contributed by atoms with Crippen molar-refractivity contribution in [1.29, 1.82) is 0 Å². The predicted molar refractivity (Wildman–Crippen MR) is 48.2 cm³/mol. The van der Waals surface area contributed by atoms with Gasteiger partial charge >= 0.3 is 0 Å². The van der Waals surface area contributed by atoms with Crippen LogP contribution < -0.4 is 5.32 Å². The highest BCUT2D eigenvalue weighted by Crippen LogP contribution is 2.07. The summed E-state index contributed by atoms with van der Waals surface area (Å²) in [5, 5.41) is 11.9. The van der Waals surface area contributed by atoms with Gasteiger partial charge in [-0.2, -0.15) is 0 Å². The smallest absolute Gasteiger partial charge is 0.0700 e. The van der Waals surface area contributed by atoms with Gasteiger partial charge < -0.3 is 15.2 Å². The van der Waals surface area contributed by atoms with E-state index in [9.17, 15) is 0 Å². The molecular formula is C9H19NO2. The van der Waals surface area contributed by atoms with Gasteiger partial charge in [-0.15, -0.1) is 0 Å². The molecule has 1 rings (SSSR count). The van der Waals surface area contributed by atoms with Crippen LogP contribution in [0.5, 0.6) is 0 Å². The first-order valence-electron chi connectivity index (χ1n) is 4.86. The predicted octanol–water partition coefficient (Wildman–Crippen LogP) is 0.527. The van der Waals surface area contributed by atoms with Crippen LogP contribution in [0.2, 0.25) is 0 Å². The molecule has 1 heterocycles. The normalized spacial score (nSPS) is 24.2. The first-order chi connectivity index (χ1) is 5.93. The van der Waals surface area contributed by atoms with Gasteiger partial charge in [-0.1, -0.05) is 12.8 Å². The summed E-state index contributed by atoms with van der Waals surface area (Å²) in [5.41, 5.74) is 0. The van der Waals surface area contributed by atoms with Crippen molar-refractivity contribution >= 4 is 0 Å². The summed E-state index contributed by atoms with van der Waals surface area (Å²) in [6.07, 6.45) is 4.77. The van der Waals surface area contributed by atoms with E-state index in [0.717, 1.165) is 39.0 Å². The van der Waals surface area contributed by atoms with Crippen LogP contribution in [0.3, 0.4) is 0 Å². The quantitative estimate of drug-likeness (QED) is 0.596. The molecule has 3 heteroatoms. The van der Waals surface area contributed by atoms with Crippen molar-refractivity contribution in [1.82, 2.24) is 5.32 Å². The Morgan fingerprint density at radius 1 is 1.33 bits per heavy atom. The lowest BCUT2D eigenvalue weighted by molar-refractivity contribution is 0.0219. The van der Waals surface area contributed by atoms with Crippen LogP contribution in [0.1, 0.15) is 25.7 Å². The van der Waals surface area contributed by atoms with Gasteiger partial charge in [0, 0.05) is 19.7 Å². The highest BCUT2D eigenvalue weighted by Gasteiger charge is 2.11. The Kier molecular flexibility index (Phi) is 5.32. The molecule has 2 N–H and O–H groups in total. The van der Waals surface area contributed by atoms with Crippen molar-refractivity contribution in [2.75, 3.05) is 26.3 Å². The average Bonchev–Trinajstić information content (AvgIpc) is 2.14. The van der Waals surface area contributed by atoms with Crippen LogP contribution in [0.15, 0.2) is 0 Å². The van der Waals surface area contributed by atoms with E-state index >= 15 is 0 Å². The van der Waals surface area contributed by atoms with Gasteiger partial charge in [0.2, 0.25) is 0 Å². The molecule has 1 aliphatic heterocycles. The Morgan fingerprint density at radius 2 is 2.25 bits per heavy atom. The van der Waals surface area contributed by atoms with Crippen molar-refractivity contribution in [2.24, 2.45) is 0 Å². The second-order valence-electron chi connectivity index (χ2n) is 3.27. The lowest BCUT2D eigenvalue weighted by atomic mass is 10.1. The number of morpholine rings is 1. The van der Waals surface area contributed by atoms with Gasteiger partial charge in [0.1, 0.15) is 0 Å². The van der Waals surface area contributed by atoms with Crippen LogP contribution in [0.25, 0.3) is 0 Å². The summed E-state index contributed by atoms with van der Waals surface area (Å²) in [6, 6.07) is 0. The minimum Gasteiger partial charge on any atom is -0.396 e.